The van der Waals surface area contributed by atoms with Gasteiger partial charge in [0.05, 0.1) is 0 Å². The van der Waals surface area contributed by atoms with E-state index in [1.807, 2.05) is 25.3 Å². The molecule has 0 saturated heterocycles. The van der Waals surface area contributed by atoms with Gasteiger partial charge in [0.1, 0.15) is 0 Å². The molecule has 1 aliphatic rings. The van der Waals surface area contributed by atoms with Gasteiger partial charge in [-0.05, 0) is 55.8 Å². The number of pyridine rings is 1. The Labute approximate surface area is 183 Å². The molecule has 3 aromatic rings. The first-order valence-corrected chi connectivity index (χ1v) is 10.9. The summed E-state index contributed by atoms with van der Waals surface area (Å²) < 4.78 is 2.42. The molecule has 1 aromatic carbocycles. The summed E-state index contributed by atoms with van der Waals surface area (Å²) in [6.45, 7) is 4.80. The SMILES string of the molecule is CNC(=O)CC(Cn1c2c(c3cc(Cl)ccc31)CCN(C)CC2)c1ccc(C)nc1. The van der Waals surface area contributed by atoms with E-state index >= 15 is 0 Å². The van der Waals surface area contributed by atoms with Crippen molar-refractivity contribution in [2.45, 2.75) is 38.6 Å². The van der Waals surface area contributed by atoms with Gasteiger partial charge in [0.15, 0.2) is 0 Å². The fourth-order valence-corrected chi connectivity index (χ4v) is 4.66. The van der Waals surface area contributed by atoms with E-state index in [9.17, 15) is 4.79 Å². The average molecular weight is 425 g/mol. The van der Waals surface area contributed by atoms with Crippen molar-refractivity contribution in [3.63, 3.8) is 0 Å². The molecule has 2 aromatic heterocycles. The number of fused-ring (bicyclic) bond motifs is 3. The molecule has 0 radical (unpaired) electrons. The van der Waals surface area contributed by atoms with Crippen molar-refractivity contribution < 1.29 is 4.79 Å². The molecule has 158 valence electrons. The maximum atomic E-state index is 12.3. The molecule has 0 spiro atoms. The summed E-state index contributed by atoms with van der Waals surface area (Å²) in [7, 11) is 3.87. The van der Waals surface area contributed by atoms with Crippen molar-refractivity contribution in [3.05, 3.63) is 64.1 Å². The first-order chi connectivity index (χ1) is 14.5. The summed E-state index contributed by atoms with van der Waals surface area (Å²) in [5.41, 5.74) is 6.06. The number of amides is 1. The third kappa shape index (κ3) is 4.23. The molecule has 6 heteroatoms. The maximum Gasteiger partial charge on any atom is 0.220 e. The zero-order valence-electron chi connectivity index (χ0n) is 17.9. The van der Waals surface area contributed by atoms with Gasteiger partial charge in [-0.25, -0.2) is 0 Å². The quantitative estimate of drug-likeness (QED) is 0.674. The Kier molecular flexibility index (Phi) is 6.11. The highest BCUT2D eigenvalue weighted by Crippen LogP contribution is 2.34. The van der Waals surface area contributed by atoms with Crippen LogP contribution in [0.3, 0.4) is 0 Å². The molecule has 4 rings (SSSR count). The smallest absolute Gasteiger partial charge is 0.220 e. The van der Waals surface area contributed by atoms with Gasteiger partial charge in [0.25, 0.3) is 0 Å². The molecule has 0 aliphatic carbocycles. The molecule has 1 aliphatic heterocycles. The molecule has 1 amide bonds. The molecule has 1 unspecified atom stereocenters. The van der Waals surface area contributed by atoms with Gasteiger partial charge in [-0.15, -0.1) is 0 Å². The number of hydrogen-bond donors (Lipinski definition) is 1. The third-order valence-corrected chi connectivity index (χ3v) is 6.48. The minimum Gasteiger partial charge on any atom is -0.359 e. The summed E-state index contributed by atoms with van der Waals surface area (Å²) in [6.07, 6.45) is 4.36. The van der Waals surface area contributed by atoms with Crippen molar-refractivity contribution in [1.82, 2.24) is 19.8 Å². The van der Waals surface area contributed by atoms with Crippen molar-refractivity contribution >= 4 is 28.4 Å². The normalized spacial score (nSPS) is 15.6. The number of halogens is 1. The highest BCUT2D eigenvalue weighted by Gasteiger charge is 2.24. The Bertz CT molecular complexity index is 1060. The van der Waals surface area contributed by atoms with Crippen LogP contribution < -0.4 is 5.32 Å². The Balaban J connectivity index is 1.80. The second-order valence-corrected chi connectivity index (χ2v) is 8.74. The second kappa shape index (κ2) is 8.78. The Hall–Kier alpha value is -2.37. The van der Waals surface area contributed by atoms with Gasteiger partial charge in [0.2, 0.25) is 5.91 Å². The van der Waals surface area contributed by atoms with E-state index in [1.54, 1.807) is 7.05 Å². The topological polar surface area (TPSA) is 50.2 Å². The number of hydrogen-bond acceptors (Lipinski definition) is 3. The third-order valence-electron chi connectivity index (χ3n) is 6.24. The van der Waals surface area contributed by atoms with E-state index in [2.05, 4.69) is 45.0 Å². The molecule has 3 heterocycles. The molecule has 0 bridgehead atoms. The van der Waals surface area contributed by atoms with Crippen LogP contribution in [0, 0.1) is 6.92 Å². The standard InChI is InChI=1S/C24H29ClN4O/c1-16-4-5-17(14-27-16)18(12-24(30)26-2)15-29-22-7-6-19(25)13-21(22)20-8-10-28(3)11-9-23(20)29/h4-7,13-14,18H,8-12,15H2,1-3H3,(H,26,30). The van der Waals surface area contributed by atoms with Crippen LogP contribution in [0.5, 0.6) is 0 Å². The molecule has 1 atom stereocenters. The van der Waals surface area contributed by atoms with Gasteiger partial charge in [-0.2, -0.15) is 0 Å². The van der Waals surface area contributed by atoms with Crippen LogP contribution in [0.25, 0.3) is 10.9 Å². The number of benzene rings is 1. The largest absolute Gasteiger partial charge is 0.359 e. The summed E-state index contributed by atoms with van der Waals surface area (Å²) >= 11 is 6.36. The van der Waals surface area contributed by atoms with E-state index in [4.69, 9.17) is 11.6 Å². The van der Waals surface area contributed by atoms with Crippen molar-refractivity contribution in [2.24, 2.45) is 0 Å². The van der Waals surface area contributed by atoms with Crippen LogP contribution in [0.1, 0.15) is 34.9 Å². The molecule has 5 nitrogen and oxygen atoms in total. The summed E-state index contributed by atoms with van der Waals surface area (Å²) in [4.78, 5) is 19.2. The van der Waals surface area contributed by atoms with Gasteiger partial charge < -0.3 is 14.8 Å². The number of aromatic nitrogens is 2. The van der Waals surface area contributed by atoms with E-state index in [0.29, 0.717) is 6.42 Å². The van der Waals surface area contributed by atoms with Gasteiger partial charge in [0, 0.05) is 79.0 Å². The van der Waals surface area contributed by atoms with E-state index in [1.165, 1.54) is 22.2 Å². The van der Waals surface area contributed by atoms with E-state index in [-0.39, 0.29) is 11.8 Å². The molecule has 30 heavy (non-hydrogen) atoms. The van der Waals surface area contributed by atoms with E-state index < -0.39 is 0 Å². The van der Waals surface area contributed by atoms with E-state index in [0.717, 1.165) is 48.8 Å². The van der Waals surface area contributed by atoms with Crippen LogP contribution in [0.15, 0.2) is 36.5 Å². The summed E-state index contributed by atoms with van der Waals surface area (Å²) in [6, 6.07) is 10.3. The number of rotatable bonds is 5. The number of nitrogens with one attached hydrogen (secondary N) is 1. The molecule has 1 N–H and O–H groups in total. The Morgan fingerprint density at radius 2 is 2.03 bits per heavy atom. The molecule has 0 fully saturated rings. The fraction of sp³-hybridized carbons (Fsp3) is 0.417. The first-order valence-electron chi connectivity index (χ1n) is 10.6. The minimum atomic E-state index is 0.0471. The summed E-state index contributed by atoms with van der Waals surface area (Å²) in [5.74, 6) is 0.0975. The summed E-state index contributed by atoms with van der Waals surface area (Å²) in [5, 5.41) is 4.80. The number of nitrogens with zero attached hydrogens (tertiary/aromatic N) is 3. The molecular formula is C24H29ClN4O. The van der Waals surface area contributed by atoms with Gasteiger partial charge in [-0.1, -0.05) is 17.7 Å². The number of likely N-dealkylation sites (N-methyl/N-ethyl adjacent to an activating group) is 1. The number of aryl methyl sites for hydroxylation is 1. The lowest BCUT2D eigenvalue weighted by Crippen LogP contribution is -2.24. The zero-order chi connectivity index (χ0) is 21.3. The van der Waals surface area contributed by atoms with Gasteiger partial charge in [-0.3, -0.25) is 9.78 Å². The van der Waals surface area contributed by atoms with Crippen LogP contribution in [-0.4, -0.2) is 47.5 Å². The number of carbonyl (C=O) groups excluding carboxylic acids is 1. The van der Waals surface area contributed by atoms with Crippen LogP contribution in [-0.2, 0) is 24.2 Å². The monoisotopic (exact) mass is 424 g/mol. The molecule has 0 saturated carbocycles. The van der Waals surface area contributed by atoms with Crippen molar-refractivity contribution in [2.75, 3.05) is 27.2 Å². The predicted molar refractivity (Wildman–Crippen MR) is 122 cm³/mol. The maximum absolute atomic E-state index is 12.3. The first kappa shape index (κ1) is 20.9. The lowest BCUT2D eigenvalue weighted by Gasteiger charge is -2.21. The van der Waals surface area contributed by atoms with Crippen LogP contribution in [0.2, 0.25) is 5.02 Å². The van der Waals surface area contributed by atoms with Crippen LogP contribution >= 0.6 is 11.6 Å². The lowest BCUT2D eigenvalue weighted by atomic mass is 9.96. The minimum absolute atomic E-state index is 0.0471. The average Bonchev–Trinajstić information content (AvgIpc) is 2.87. The number of carbonyl (C=O) groups is 1. The lowest BCUT2D eigenvalue weighted by molar-refractivity contribution is -0.121. The second-order valence-electron chi connectivity index (χ2n) is 8.31. The van der Waals surface area contributed by atoms with Crippen LogP contribution in [0.4, 0.5) is 0 Å². The van der Waals surface area contributed by atoms with Crippen molar-refractivity contribution in [3.8, 4) is 0 Å². The Morgan fingerprint density at radius 3 is 2.77 bits per heavy atom. The Morgan fingerprint density at radius 1 is 1.23 bits per heavy atom. The predicted octanol–water partition coefficient (Wildman–Crippen LogP) is 3.95. The fourth-order valence-electron chi connectivity index (χ4n) is 4.49. The zero-order valence-corrected chi connectivity index (χ0v) is 18.7. The molecular weight excluding hydrogens is 396 g/mol. The van der Waals surface area contributed by atoms with Gasteiger partial charge >= 0.3 is 0 Å². The highest BCUT2D eigenvalue weighted by atomic mass is 35.5. The highest BCUT2D eigenvalue weighted by molar-refractivity contribution is 6.31. The van der Waals surface area contributed by atoms with Crippen molar-refractivity contribution in [1.29, 1.82) is 0 Å².